The second-order valence-electron chi connectivity index (χ2n) is 4.48. The van der Waals surface area contributed by atoms with Gasteiger partial charge in [0.2, 0.25) is 0 Å². The summed E-state index contributed by atoms with van der Waals surface area (Å²) in [6.07, 6.45) is 0. The van der Waals surface area contributed by atoms with Crippen LogP contribution in [0.4, 0.5) is 5.69 Å². The summed E-state index contributed by atoms with van der Waals surface area (Å²) < 4.78 is 2.03. The molecule has 19 heavy (non-hydrogen) atoms. The molecule has 0 aliphatic carbocycles. The predicted molar refractivity (Wildman–Crippen MR) is 75.7 cm³/mol. The SMILES string of the molecule is Cc1cs/c(=N\c2ccc(C(C)C(=O)O)cc2)n1C. The first kappa shape index (κ1) is 13.5. The smallest absolute Gasteiger partial charge is 0.310 e. The molecule has 2 aromatic rings. The Morgan fingerprint density at radius 2 is 2.00 bits per heavy atom. The number of hydrogen-bond donors (Lipinski definition) is 1. The average molecular weight is 276 g/mol. The van der Waals surface area contributed by atoms with E-state index >= 15 is 0 Å². The number of aliphatic carboxylic acids is 1. The van der Waals surface area contributed by atoms with E-state index in [0.717, 1.165) is 16.1 Å². The van der Waals surface area contributed by atoms with Crippen molar-refractivity contribution < 1.29 is 9.90 Å². The quantitative estimate of drug-likeness (QED) is 0.937. The molecular weight excluding hydrogens is 260 g/mol. The molecule has 1 heterocycles. The van der Waals surface area contributed by atoms with Gasteiger partial charge in [-0.1, -0.05) is 12.1 Å². The maximum Gasteiger partial charge on any atom is 0.310 e. The first-order chi connectivity index (χ1) is 8.99. The number of thiazole rings is 1. The van der Waals surface area contributed by atoms with Crippen LogP contribution in [0.1, 0.15) is 24.1 Å². The van der Waals surface area contributed by atoms with E-state index in [0.29, 0.717) is 0 Å². The summed E-state index contributed by atoms with van der Waals surface area (Å²) in [5, 5.41) is 11.0. The van der Waals surface area contributed by atoms with Crippen molar-refractivity contribution in [2.45, 2.75) is 19.8 Å². The minimum Gasteiger partial charge on any atom is -0.481 e. The van der Waals surface area contributed by atoms with Gasteiger partial charge >= 0.3 is 5.97 Å². The van der Waals surface area contributed by atoms with Crippen molar-refractivity contribution in [3.8, 4) is 0 Å². The fraction of sp³-hybridized carbons (Fsp3) is 0.286. The minimum atomic E-state index is -0.815. The Bertz CT molecular complexity index is 653. The zero-order valence-corrected chi connectivity index (χ0v) is 11.9. The van der Waals surface area contributed by atoms with Gasteiger partial charge in [0.25, 0.3) is 0 Å². The molecule has 1 N–H and O–H groups in total. The molecule has 0 bridgehead atoms. The molecule has 1 atom stereocenters. The Kier molecular flexibility index (Phi) is 3.85. The van der Waals surface area contributed by atoms with Crippen LogP contribution in [-0.2, 0) is 11.8 Å². The molecule has 1 unspecified atom stereocenters. The number of carboxylic acid groups (broad SMARTS) is 1. The van der Waals surface area contributed by atoms with E-state index < -0.39 is 11.9 Å². The van der Waals surface area contributed by atoms with Crippen LogP contribution in [0.2, 0.25) is 0 Å². The molecule has 0 spiro atoms. The fourth-order valence-electron chi connectivity index (χ4n) is 1.64. The summed E-state index contributed by atoms with van der Waals surface area (Å²) in [6.45, 7) is 3.71. The van der Waals surface area contributed by atoms with Gasteiger partial charge in [-0.3, -0.25) is 4.79 Å². The highest BCUT2D eigenvalue weighted by atomic mass is 32.1. The van der Waals surface area contributed by atoms with Crippen molar-refractivity contribution in [2.24, 2.45) is 12.0 Å². The molecule has 0 saturated heterocycles. The Hall–Kier alpha value is -1.88. The van der Waals surface area contributed by atoms with Crippen molar-refractivity contribution in [1.29, 1.82) is 0 Å². The van der Waals surface area contributed by atoms with Gasteiger partial charge in [0.15, 0.2) is 4.80 Å². The molecule has 0 saturated carbocycles. The number of benzene rings is 1. The van der Waals surface area contributed by atoms with Crippen molar-refractivity contribution in [3.63, 3.8) is 0 Å². The first-order valence-corrected chi connectivity index (χ1v) is 6.85. The van der Waals surface area contributed by atoms with Crippen LogP contribution >= 0.6 is 11.3 Å². The molecule has 0 radical (unpaired) electrons. The third-order valence-corrected chi connectivity index (χ3v) is 4.17. The number of rotatable bonds is 3. The van der Waals surface area contributed by atoms with Crippen LogP contribution in [0, 0.1) is 6.92 Å². The summed E-state index contributed by atoms with van der Waals surface area (Å²) in [4.78, 5) is 16.4. The van der Waals surface area contributed by atoms with Gasteiger partial charge in [-0.25, -0.2) is 4.99 Å². The standard InChI is InChI=1S/C14H16N2O2S/c1-9-8-19-14(16(9)3)15-12-6-4-11(5-7-12)10(2)13(17)18/h4-8,10H,1-3H3,(H,17,18)/b15-14-. The first-order valence-electron chi connectivity index (χ1n) is 5.97. The Morgan fingerprint density at radius 1 is 1.37 bits per heavy atom. The Morgan fingerprint density at radius 3 is 2.47 bits per heavy atom. The average Bonchev–Trinajstić information content (AvgIpc) is 2.71. The fourth-order valence-corrected chi connectivity index (χ4v) is 2.53. The van der Waals surface area contributed by atoms with Crippen LogP contribution in [0.15, 0.2) is 34.6 Å². The Labute approximate surface area is 115 Å². The van der Waals surface area contributed by atoms with E-state index in [1.807, 2.05) is 42.8 Å². The molecule has 5 heteroatoms. The number of nitrogens with zero attached hydrogens (tertiary/aromatic N) is 2. The lowest BCUT2D eigenvalue weighted by Crippen LogP contribution is -2.10. The van der Waals surface area contributed by atoms with Crippen molar-refractivity contribution in [2.75, 3.05) is 0 Å². The van der Waals surface area contributed by atoms with Crippen LogP contribution < -0.4 is 4.80 Å². The van der Waals surface area contributed by atoms with Gasteiger partial charge in [0, 0.05) is 18.1 Å². The Balaban J connectivity index is 2.32. The third kappa shape index (κ3) is 2.93. The maximum absolute atomic E-state index is 10.9. The number of hydrogen-bond acceptors (Lipinski definition) is 3. The molecule has 0 fully saturated rings. The van der Waals surface area contributed by atoms with Gasteiger partial charge < -0.3 is 9.67 Å². The second kappa shape index (κ2) is 5.40. The van der Waals surface area contributed by atoms with E-state index in [-0.39, 0.29) is 0 Å². The van der Waals surface area contributed by atoms with Crippen molar-refractivity contribution in [1.82, 2.24) is 4.57 Å². The zero-order valence-electron chi connectivity index (χ0n) is 11.1. The number of aryl methyl sites for hydroxylation is 1. The zero-order chi connectivity index (χ0) is 14.0. The minimum absolute atomic E-state index is 0.492. The van der Waals surface area contributed by atoms with E-state index in [1.165, 1.54) is 5.69 Å². The second-order valence-corrected chi connectivity index (χ2v) is 5.32. The van der Waals surface area contributed by atoms with Crippen molar-refractivity contribution >= 4 is 23.0 Å². The molecule has 0 aliphatic rings. The highest BCUT2D eigenvalue weighted by molar-refractivity contribution is 7.07. The van der Waals surface area contributed by atoms with Gasteiger partial charge in [-0.05, 0) is 31.5 Å². The lowest BCUT2D eigenvalue weighted by Gasteiger charge is -2.06. The van der Waals surface area contributed by atoms with E-state index in [9.17, 15) is 4.79 Å². The van der Waals surface area contributed by atoms with Crippen LogP contribution in [-0.4, -0.2) is 15.6 Å². The number of carboxylic acids is 1. The molecule has 100 valence electrons. The summed E-state index contributed by atoms with van der Waals surface area (Å²) in [5.74, 6) is -1.31. The van der Waals surface area contributed by atoms with E-state index in [4.69, 9.17) is 5.11 Å². The molecule has 0 amide bonds. The lowest BCUT2D eigenvalue weighted by atomic mass is 10.0. The molecule has 2 rings (SSSR count). The van der Waals surface area contributed by atoms with E-state index in [2.05, 4.69) is 10.4 Å². The largest absolute Gasteiger partial charge is 0.481 e. The number of carbonyl (C=O) groups is 1. The van der Waals surface area contributed by atoms with Crippen molar-refractivity contribution in [3.05, 3.63) is 45.7 Å². The molecule has 1 aromatic heterocycles. The van der Waals surface area contributed by atoms with Crippen LogP contribution in [0.3, 0.4) is 0 Å². The summed E-state index contributed by atoms with van der Waals surface area (Å²) in [6, 6.07) is 7.34. The van der Waals surface area contributed by atoms with Crippen LogP contribution in [0.25, 0.3) is 0 Å². The predicted octanol–water partition coefficient (Wildman–Crippen LogP) is 2.82. The van der Waals surface area contributed by atoms with Gasteiger partial charge in [0.05, 0.1) is 11.6 Å². The third-order valence-electron chi connectivity index (χ3n) is 3.14. The molecule has 1 aromatic carbocycles. The lowest BCUT2D eigenvalue weighted by molar-refractivity contribution is -0.138. The molecular formula is C14H16N2O2S. The number of aromatic nitrogens is 1. The summed E-state index contributed by atoms with van der Waals surface area (Å²) >= 11 is 1.59. The van der Waals surface area contributed by atoms with E-state index in [1.54, 1.807) is 18.3 Å². The monoisotopic (exact) mass is 276 g/mol. The van der Waals surface area contributed by atoms with Gasteiger partial charge in [0.1, 0.15) is 0 Å². The maximum atomic E-state index is 10.9. The molecule has 0 aliphatic heterocycles. The topological polar surface area (TPSA) is 54.6 Å². The highest BCUT2D eigenvalue weighted by Gasteiger charge is 2.12. The van der Waals surface area contributed by atoms with Gasteiger partial charge in [-0.2, -0.15) is 0 Å². The van der Waals surface area contributed by atoms with Crippen LogP contribution in [0.5, 0.6) is 0 Å². The summed E-state index contributed by atoms with van der Waals surface area (Å²) in [7, 11) is 1.98. The van der Waals surface area contributed by atoms with Gasteiger partial charge in [-0.15, -0.1) is 11.3 Å². The normalized spacial score (nSPS) is 13.5. The summed E-state index contributed by atoms with van der Waals surface area (Å²) in [5.41, 5.74) is 2.79. The molecule has 4 nitrogen and oxygen atoms in total. The highest BCUT2D eigenvalue weighted by Crippen LogP contribution is 2.19.